The molecule has 1 aromatic rings. The highest BCUT2D eigenvalue weighted by molar-refractivity contribution is 5.78. The Hall–Kier alpha value is -1.99. The Morgan fingerprint density at radius 1 is 1.24 bits per heavy atom. The lowest BCUT2D eigenvalue weighted by atomic mass is 9.85. The van der Waals surface area contributed by atoms with Gasteiger partial charge in [0.05, 0.1) is 19.1 Å². The van der Waals surface area contributed by atoms with Crippen LogP contribution >= 0.6 is 0 Å². The van der Waals surface area contributed by atoms with Gasteiger partial charge in [-0.1, -0.05) is 23.8 Å². The molecule has 3 aliphatic rings. The van der Waals surface area contributed by atoms with Crippen molar-refractivity contribution < 1.29 is 9.53 Å². The summed E-state index contributed by atoms with van der Waals surface area (Å²) in [6.07, 6.45) is 7.70. The number of allylic oxidation sites excluding steroid dienone is 2. The third kappa shape index (κ3) is 4.95. The summed E-state index contributed by atoms with van der Waals surface area (Å²) in [4.78, 5) is 14.8. The number of nitrogens with zero attached hydrogens (tertiary/aromatic N) is 4. The van der Waals surface area contributed by atoms with Crippen LogP contribution in [0.3, 0.4) is 0 Å². The number of nitrogens with one attached hydrogen (secondary N) is 1. The van der Waals surface area contributed by atoms with E-state index >= 15 is 0 Å². The highest BCUT2D eigenvalue weighted by Gasteiger charge is 2.25. The van der Waals surface area contributed by atoms with Gasteiger partial charge in [-0.25, -0.2) is 0 Å². The molecule has 0 unspecified atom stereocenters. The molecule has 0 radical (unpaired) electrons. The molecular weight excluding hydrogens is 366 g/mol. The van der Waals surface area contributed by atoms with Crippen molar-refractivity contribution in [1.82, 2.24) is 25.0 Å². The first-order valence-electron chi connectivity index (χ1n) is 10.9. The molecule has 1 aliphatic carbocycles. The normalized spacial score (nSPS) is 25.2. The van der Waals surface area contributed by atoms with Crippen molar-refractivity contribution in [1.29, 1.82) is 0 Å². The largest absolute Gasteiger partial charge is 0.381 e. The standard InChI is InChI=1S/C22H33N5O2/c1-16(2)18-5-3-17(4-6-18)14-26-9-7-20-24-25-21(27(20)11-10-26)13-23-22(28)19-8-12-29-15-19/h3,18-19H,1,4-15H2,2H3,(H,23,28)/t18-,19-/m1/s1. The Morgan fingerprint density at radius 2 is 2.14 bits per heavy atom. The van der Waals surface area contributed by atoms with Crippen LogP contribution in [0.25, 0.3) is 0 Å². The van der Waals surface area contributed by atoms with Crippen molar-refractivity contribution in [2.24, 2.45) is 11.8 Å². The molecular formula is C22H33N5O2. The second-order valence-electron chi connectivity index (χ2n) is 8.67. The molecule has 2 aliphatic heterocycles. The van der Waals surface area contributed by atoms with Gasteiger partial charge < -0.3 is 14.6 Å². The number of hydrogen-bond acceptors (Lipinski definition) is 5. The van der Waals surface area contributed by atoms with Crippen LogP contribution in [0, 0.1) is 11.8 Å². The number of carbonyl (C=O) groups is 1. The Labute approximate surface area is 173 Å². The number of aromatic nitrogens is 3. The molecule has 3 heterocycles. The summed E-state index contributed by atoms with van der Waals surface area (Å²) in [7, 11) is 0. The van der Waals surface area contributed by atoms with Crippen molar-refractivity contribution in [2.75, 3.05) is 32.8 Å². The monoisotopic (exact) mass is 399 g/mol. The molecule has 0 spiro atoms. The maximum atomic E-state index is 12.2. The zero-order valence-corrected chi connectivity index (χ0v) is 17.5. The minimum absolute atomic E-state index is 0.0229. The van der Waals surface area contributed by atoms with E-state index in [1.807, 2.05) is 0 Å². The average molecular weight is 400 g/mol. The van der Waals surface area contributed by atoms with Crippen molar-refractivity contribution in [3.05, 3.63) is 35.4 Å². The van der Waals surface area contributed by atoms with E-state index in [2.05, 4.69) is 44.6 Å². The highest BCUT2D eigenvalue weighted by Crippen LogP contribution is 2.28. The predicted molar refractivity (Wildman–Crippen MR) is 111 cm³/mol. The van der Waals surface area contributed by atoms with E-state index in [-0.39, 0.29) is 11.8 Å². The van der Waals surface area contributed by atoms with Crippen LogP contribution in [0.5, 0.6) is 0 Å². The molecule has 1 fully saturated rings. The smallest absolute Gasteiger partial charge is 0.225 e. The SMILES string of the molecule is C=C(C)[C@@H]1CC=C(CN2CCc3nnc(CNC(=O)[C@@H]4CCOC4)n3CC2)CC1. The maximum Gasteiger partial charge on any atom is 0.225 e. The van der Waals surface area contributed by atoms with Gasteiger partial charge in [-0.15, -0.1) is 10.2 Å². The van der Waals surface area contributed by atoms with Gasteiger partial charge in [0.15, 0.2) is 5.82 Å². The first-order valence-corrected chi connectivity index (χ1v) is 10.9. The lowest BCUT2D eigenvalue weighted by molar-refractivity contribution is -0.125. The molecule has 29 heavy (non-hydrogen) atoms. The Kier molecular flexibility index (Phi) is 6.45. The molecule has 1 aromatic heterocycles. The first kappa shape index (κ1) is 20.3. The van der Waals surface area contributed by atoms with Crippen molar-refractivity contribution >= 4 is 5.91 Å². The number of amides is 1. The van der Waals surface area contributed by atoms with Crippen LogP contribution in [0.15, 0.2) is 23.8 Å². The Bertz CT molecular complexity index is 778. The highest BCUT2D eigenvalue weighted by atomic mass is 16.5. The van der Waals surface area contributed by atoms with Crippen LogP contribution in [-0.4, -0.2) is 58.4 Å². The van der Waals surface area contributed by atoms with Gasteiger partial charge in [-0.3, -0.25) is 9.69 Å². The third-order valence-corrected chi connectivity index (χ3v) is 6.55. The summed E-state index contributed by atoms with van der Waals surface area (Å²) in [6.45, 7) is 11.8. The second-order valence-corrected chi connectivity index (χ2v) is 8.67. The van der Waals surface area contributed by atoms with E-state index < -0.39 is 0 Å². The molecule has 1 saturated heterocycles. The second kappa shape index (κ2) is 9.22. The first-order chi connectivity index (χ1) is 14.1. The summed E-state index contributed by atoms with van der Waals surface area (Å²) < 4.78 is 7.50. The van der Waals surface area contributed by atoms with Crippen LogP contribution in [0.2, 0.25) is 0 Å². The molecule has 7 heteroatoms. The number of ether oxygens (including phenoxy) is 1. The fraction of sp³-hybridized carbons (Fsp3) is 0.682. The topological polar surface area (TPSA) is 72.3 Å². The molecule has 158 valence electrons. The molecule has 2 atom stereocenters. The fourth-order valence-corrected chi connectivity index (χ4v) is 4.53. The molecule has 0 saturated carbocycles. The van der Waals surface area contributed by atoms with E-state index in [0.29, 0.717) is 25.7 Å². The minimum atomic E-state index is -0.0229. The summed E-state index contributed by atoms with van der Waals surface area (Å²) in [5, 5.41) is 11.7. The zero-order valence-electron chi connectivity index (χ0n) is 17.5. The predicted octanol–water partition coefficient (Wildman–Crippen LogP) is 2.09. The number of carbonyl (C=O) groups excluding carboxylic acids is 1. The molecule has 7 nitrogen and oxygen atoms in total. The Balaban J connectivity index is 1.29. The van der Waals surface area contributed by atoms with Gasteiger partial charge in [0.2, 0.25) is 5.91 Å². The summed E-state index contributed by atoms with van der Waals surface area (Å²) in [5.41, 5.74) is 2.87. The van der Waals surface area contributed by atoms with Crippen molar-refractivity contribution in [3.63, 3.8) is 0 Å². The van der Waals surface area contributed by atoms with Gasteiger partial charge in [-0.05, 0) is 38.5 Å². The van der Waals surface area contributed by atoms with Gasteiger partial charge >= 0.3 is 0 Å². The van der Waals surface area contributed by atoms with Crippen molar-refractivity contribution in [2.45, 2.75) is 52.1 Å². The van der Waals surface area contributed by atoms with Crippen molar-refractivity contribution in [3.8, 4) is 0 Å². The van der Waals surface area contributed by atoms with E-state index in [0.717, 1.165) is 57.1 Å². The van der Waals surface area contributed by atoms with Gasteiger partial charge in [0.1, 0.15) is 5.82 Å². The zero-order chi connectivity index (χ0) is 20.2. The average Bonchev–Trinajstić information content (AvgIpc) is 3.35. The molecule has 0 bridgehead atoms. The van der Waals surface area contributed by atoms with Crippen LogP contribution < -0.4 is 5.32 Å². The van der Waals surface area contributed by atoms with Crippen LogP contribution in [0.1, 0.15) is 44.3 Å². The van der Waals surface area contributed by atoms with E-state index in [9.17, 15) is 4.79 Å². The summed E-state index contributed by atoms with van der Waals surface area (Å²) in [6, 6.07) is 0. The van der Waals surface area contributed by atoms with E-state index in [4.69, 9.17) is 4.74 Å². The van der Waals surface area contributed by atoms with Gasteiger partial charge in [0, 0.05) is 39.2 Å². The summed E-state index contributed by atoms with van der Waals surface area (Å²) >= 11 is 0. The minimum Gasteiger partial charge on any atom is -0.381 e. The summed E-state index contributed by atoms with van der Waals surface area (Å²) in [5.74, 6) is 2.58. The molecule has 0 aromatic carbocycles. The van der Waals surface area contributed by atoms with Crippen LogP contribution in [0.4, 0.5) is 0 Å². The van der Waals surface area contributed by atoms with E-state index in [1.54, 1.807) is 5.57 Å². The molecule has 1 N–H and O–H groups in total. The fourth-order valence-electron chi connectivity index (χ4n) is 4.53. The van der Waals surface area contributed by atoms with Crippen LogP contribution in [-0.2, 0) is 29.0 Å². The lowest BCUT2D eigenvalue weighted by Gasteiger charge is -2.26. The van der Waals surface area contributed by atoms with Gasteiger partial charge in [0.25, 0.3) is 0 Å². The molecule has 4 rings (SSSR count). The quantitative estimate of drug-likeness (QED) is 0.742. The third-order valence-electron chi connectivity index (χ3n) is 6.55. The molecule has 1 amide bonds. The number of rotatable bonds is 6. The number of hydrogen-bond donors (Lipinski definition) is 1. The van der Waals surface area contributed by atoms with E-state index in [1.165, 1.54) is 18.4 Å². The van der Waals surface area contributed by atoms with Gasteiger partial charge in [-0.2, -0.15) is 0 Å². The Morgan fingerprint density at radius 3 is 2.86 bits per heavy atom. The maximum absolute atomic E-state index is 12.2. The lowest BCUT2D eigenvalue weighted by Crippen LogP contribution is -2.32. The number of fused-ring (bicyclic) bond motifs is 1.